The highest BCUT2D eigenvalue weighted by atomic mass is 79.9. The molecule has 9 heteroatoms. The van der Waals surface area contributed by atoms with Crippen LogP contribution in [0.15, 0.2) is 16.6 Å². The highest BCUT2D eigenvalue weighted by molar-refractivity contribution is 9.10. The minimum absolute atomic E-state index is 0.208. The number of carboxylic acid groups (broad SMARTS) is 1. The van der Waals surface area contributed by atoms with Crippen molar-refractivity contribution >= 4 is 28.0 Å². The molecule has 2 aromatic rings. The number of nitrogens with zero attached hydrogens (tertiary/aromatic N) is 2. The number of benzene rings is 1. The maximum Gasteiger partial charge on any atom is 0.407 e. The molecule has 1 aromatic heterocycles. The Labute approximate surface area is 183 Å². The summed E-state index contributed by atoms with van der Waals surface area (Å²) in [6.45, 7) is 6.12. The third kappa shape index (κ3) is 4.77. The Morgan fingerprint density at radius 1 is 1.30 bits per heavy atom. The molecule has 0 fully saturated rings. The molecule has 1 amide bonds. The van der Waals surface area contributed by atoms with Crippen molar-refractivity contribution in [1.82, 2.24) is 15.1 Å². The number of aromatic carboxylic acids is 1. The molecule has 1 heterocycles. The molecule has 1 aromatic carbocycles. The van der Waals surface area contributed by atoms with Crippen LogP contribution in [0.4, 0.5) is 4.79 Å². The lowest BCUT2D eigenvalue weighted by atomic mass is 9.89. The van der Waals surface area contributed by atoms with Crippen molar-refractivity contribution in [2.75, 3.05) is 13.7 Å². The number of hydrogen-bond acceptors (Lipinski definition) is 5. The van der Waals surface area contributed by atoms with Gasteiger partial charge in [-0.15, -0.1) is 0 Å². The monoisotopic (exact) mass is 479 g/mol. The fraction of sp³-hybridized carbons (Fsp3) is 0.476. The largest absolute Gasteiger partial charge is 0.496 e. The van der Waals surface area contributed by atoms with Crippen LogP contribution in [0.3, 0.4) is 0 Å². The minimum Gasteiger partial charge on any atom is -0.496 e. The van der Waals surface area contributed by atoms with Gasteiger partial charge in [0.25, 0.3) is 0 Å². The zero-order valence-corrected chi connectivity index (χ0v) is 19.1. The summed E-state index contributed by atoms with van der Waals surface area (Å²) in [5, 5.41) is 17.1. The van der Waals surface area contributed by atoms with Crippen molar-refractivity contribution in [3.8, 4) is 17.0 Å². The Hall–Kier alpha value is -2.55. The SMILES string of the molecule is COc1cc2c(cc1Br)-c1nn(CCCNC(=O)OC(C)(C)C)c(C(=O)O)c1CC2. The Morgan fingerprint density at radius 3 is 2.67 bits per heavy atom. The van der Waals surface area contributed by atoms with Crippen LogP contribution in [0.25, 0.3) is 11.3 Å². The lowest BCUT2D eigenvalue weighted by Gasteiger charge is -2.19. The highest BCUT2D eigenvalue weighted by Gasteiger charge is 2.29. The maximum absolute atomic E-state index is 12.0. The molecule has 0 saturated heterocycles. The molecule has 0 aliphatic heterocycles. The maximum atomic E-state index is 12.0. The van der Waals surface area contributed by atoms with Gasteiger partial charge in [0.05, 0.1) is 17.3 Å². The topological polar surface area (TPSA) is 103 Å². The van der Waals surface area contributed by atoms with Crippen molar-refractivity contribution in [3.05, 3.63) is 33.4 Å². The van der Waals surface area contributed by atoms with Crippen LogP contribution in [-0.2, 0) is 24.1 Å². The molecule has 1 aliphatic rings. The molecule has 0 atom stereocenters. The number of halogens is 1. The average Bonchev–Trinajstić information content (AvgIpc) is 3.02. The number of aromatic nitrogens is 2. The van der Waals surface area contributed by atoms with E-state index in [-0.39, 0.29) is 5.69 Å². The quantitative estimate of drug-likeness (QED) is 0.606. The van der Waals surface area contributed by atoms with Crippen molar-refractivity contribution < 1.29 is 24.2 Å². The van der Waals surface area contributed by atoms with E-state index in [1.807, 2.05) is 12.1 Å². The summed E-state index contributed by atoms with van der Waals surface area (Å²) in [7, 11) is 1.61. The van der Waals surface area contributed by atoms with Crippen molar-refractivity contribution in [2.24, 2.45) is 0 Å². The van der Waals surface area contributed by atoms with E-state index in [0.717, 1.165) is 33.3 Å². The number of alkyl carbamates (subject to hydrolysis) is 1. The lowest BCUT2D eigenvalue weighted by molar-refractivity contribution is 0.0524. The first-order valence-electron chi connectivity index (χ1n) is 9.77. The number of carboxylic acids is 1. The number of aryl methyl sites for hydroxylation is 2. The first-order valence-corrected chi connectivity index (χ1v) is 10.6. The average molecular weight is 480 g/mol. The number of hydrogen-bond donors (Lipinski definition) is 2. The van der Waals surface area contributed by atoms with Crippen molar-refractivity contribution in [3.63, 3.8) is 0 Å². The van der Waals surface area contributed by atoms with Crippen LogP contribution in [-0.4, -0.2) is 46.2 Å². The summed E-state index contributed by atoms with van der Waals surface area (Å²) in [4.78, 5) is 23.7. The van der Waals surface area contributed by atoms with E-state index in [0.29, 0.717) is 31.6 Å². The van der Waals surface area contributed by atoms with Crippen LogP contribution in [0, 0.1) is 0 Å². The van der Waals surface area contributed by atoms with E-state index < -0.39 is 17.7 Å². The second-order valence-corrected chi connectivity index (χ2v) is 8.98. The fourth-order valence-corrected chi connectivity index (χ4v) is 4.03. The molecule has 1 aliphatic carbocycles. The number of nitrogens with one attached hydrogen (secondary N) is 1. The molecule has 0 radical (unpaired) electrons. The molecule has 0 bridgehead atoms. The van der Waals surface area contributed by atoms with E-state index in [1.165, 1.54) is 4.68 Å². The van der Waals surface area contributed by atoms with Crippen LogP contribution in [0.2, 0.25) is 0 Å². The van der Waals surface area contributed by atoms with Gasteiger partial charge in [-0.25, -0.2) is 9.59 Å². The summed E-state index contributed by atoms with van der Waals surface area (Å²) in [5.74, 6) is -0.261. The third-order valence-electron chi connectivity index (χ3n) is 4.75. The van der Waals surface area contributed by atoms with Gasteiger partial charge in [-0.05, 0) is 73.7 Å². The molecule has 8 nitrogen and oxygen atoms in total. The van der Waals surface area contributed by atoms with E-state index in [2.05, 4.69) is 26.3 Å². The molecular weight excluding hydrogens is 454 g/mol. The molecule has 2 N–H and O–H groups in total. The van der Waals surface area contributed by atoms with Crippen LogP contribution < -0.4 is 10.1 Å². The Balaban J connectivity index is 1.79. The van der Waals surface area contributed by atoms with Crippen LogP contribution in [0.5, 0.6) is 5.75 Å². The number of amides is 1. The number of carbonyl (C=O) groups is 2. The smallest absolute Gasteiger partial charge is 0.407 e. The van der Waals surface area contributed by atoms with E-state index >= 15 is 0 Å². The molecule has 30 heavy (non-hydrogen) atoms. The molecule has 3 rings (SSSR count). The summed E-state index contributed by atoms with van der Waals surface area (Å²) >= 11 is 3.50. The zero-order valence-electron chi connectivity index (χ0n) is 17.5. The first-order chi connectivity index (χ1) is 14.1. The zero-order chi connectivity index (χ0) is 22.1. The number of methoxy groups -OCH3 is 1. The highest BCUT2D eigenvalue weighted by Crippen LogP contribution is 2.39. The predicted octanol–water partition coefficient (Wildman–Crippen LogP) is 4.03. The van der Waals surface area contributed by atoms with E-state index in [9.17, 15) is 14.7 Å². The minimum atomic E-state index is -1.00. The van der Waals surface area contributed by atoms with Gasteiger partial charge in [-0.3, -0.25) is 4.68 Å². The Bertz CT molecular complexity index is 978. The van der Waals surface area contributed by atoms with Gasteiger partial charge in [0, 0.05) is 24.2 Å². The summed E-state index contributed by atoms with van der Waals surface area (Å²) in [6.07, 6.45) is 1.36. The second-order valence-electron chi connectivity index (χ2n) is 8.13. The number of fused-ring (bicyclic) bond motifs is 3. The van der Waals surface area contributed by atoms with Gasteiger partial charge in [0.2, 0.25) is 0 Å². The molecular formula is C21H26BrN3O5. The number of rotatable bonds is 6. The Kier molecular flexibility index (Phi) is 6.40. The number of ether oxygens (including phenoxy) is 2. The van der Waals surface area contributed by atoms with Crippen molar-refractivity contribution in [1.29, 1.82) is 0 Å². The van der Waals surface area contributed by atoms with Gasteiger partial charge >= 0.3 is 12.1 Å². The molecule has 0 unspecified atom stereocenters. The predicted molar refractivity (Wildman–Crippen MR) is 115 cm³/mol. The van der Waals surface area contributed by atoms with Gasteiger partial charge in [0.1, 0.15) is 17.0 Å². The van der Waals surface area contributed by atoms with E-state index in [1.54, 1.807) is 27.9 Å². The van der Waals surface area contributed by atoms with Crippen LogP contribution in [0.1, 0.15) is 48.8 Å². The summed E-state index contributed by atoms with van der Waals surface area (Å²) in [5.41, 5.74) is 3.07. The standard InChI is InChI=1S/C21H26BrN3O5/c1-21(2,3)30-20(28)23-8-5-9-25-18(19(26)27)13-7-6-12-10-16(29-4)15(22)11-14(12)17(13)24-25/h10-11H,5-9H2,1-4H3,(H,23,28)(H,26,27). The fourth-order valence-electron chi connectivity index (χ4n) is 3.53. The summed E-state index contributed by atoms with van der Waals surface area (Å²) in [6, 6.07) is 3.89. The van der Waals surface area contributed by atoms with Gasteiger partial charge in [0.15, 0.2) is 0 Å². The van der Waals surface area contributed by atoms with Crippen LogP contribution >= 0.6 is 15.9 Å². The van der Waals surface area contributed by atoms with Gasteiger partial charge < -0.3 is 19.9 Å². The summed E-state index contributed by atoms with van der Waals surface area (Å²) < 4.78 is 12.9. The van der Waals surface area contributed by atoms with Crippen molar-refractivity contribution in [2.45, 2.75) is 52.2 Å². The second kappa shape index (κ2) is 8.67. The lowest BCUT2D eigenvalue weighted by Crippen LogP contribution is -2.33. The Morgan fingerprint density at radius 2 is 2.03 bits per heavy atom. The number of carbonyl (C=O) groups excluding carboxylic acids is 1. The van der Waals surface area contributed by atoms with Gasteiger partial charge in [-0.1, -0.05) is 0 Å². The normalized spacial score (nSPS) is 12.7. The molecule has 0 saturated carbocycles. The van der Waals surface area contributed by atoms with E-state index in [4.69, 9.17) is 9.47 Å². The molecule has 0 spiro atoms. The third-order valence-corrected chi connectivity index (χ3v) is 5.36. The first kappa shape index (κ1) is 22.1. The van der Waals surface area contributed by atoms with Gasteiger partial charge in [-0.2, -0.15) is 5.10 Å². The molecule has 162 valence electrons.